The van der Waals surface area contributed by atoms with Crippen LogP contribution in [-0.4, -0.2) is 59.4 Å². The number of fused-ring (bicyclic) bond motifs is 1. The molecule has 1 unspecified atom stereocenters. The van der Waals surface area contributed by atoms with Crippen molar-refractivity contribution in [2.75, 3.05) is 26.2 Å². The zero-order valence-corrected chi connectivity index (χ0v) is 6.97. The van der Waals surface area contributed by atoms with Crippen molar-refractivity contribution in [1.82, 2.24) is 9.80 Å². The summed E-state index contributed by atoms with van der Waals surface area (Å²) < 4.78 is 4.80. The van der Waals surface area contributed by atoms with E-state index in [1.807, 2.05) is 0 Å². The van der Waals surface area contributed by atoms with Crippen LogP contribution in [-0.2, 0) is 4.74 Å². The lowest BCUT2D eigenvalue weighted by atomic mass is 10.2. The summed E-state index contributed by atoms with van der Waals surface area (Å²) in [5.41, 5.74) is 0. The second-order valence-corrected chi connectivity index (χ2v) is 3.15. The molecule has 2 fully saturated rings. The molecule has 72 valence electrons. The van der Waals surface area contributed by atoms with Crippen LogP contribution in [0.15, 0.2) is 0 Å². The van der Waals surface area contributed by atoms with E-state index in [-0.39, 0.29) is 12.1 Å². The summed E-state index contributed by atoms with van der Waals surface area (Å²) in [5, 5.41) is 8.71. The predicted molar refractivity (Wildman–Crippen MR) is 41.4 cm³/mol. The topological polar surface area (TPSA) is 70.1 Å². The molecule has 0 aromatic heterocycles. The van der Waals surface area contributed by atoms with Crippen LogP contribution >= 0.6 is 0 Å². The van der Waals surface area contributed by atoms with E-state index < -0.39 is 6.09 Å². The minimum atomic E-state index is -0.931. The van der Waals surface area contributed by atoms with Crippen molar-refractivity contribution in [1.29, 1.82) is 0 Å². The summed E-state index contributed by atoms with van der Waals surface area (Å²) in [7, 11) is 0. The molecule has 1 atom stereocenters. The largest absolute Gasteiger partial charge is 0.465 e. The van der Waals surface area contributed by atoms with Crippen LogP contribution in [0.25, 0.3) is 0 Å². The van der Waals surface area contributed by atoms with Gasteiger partial charge in [-0.15, -0.1) is 0 Å². The van der Waals surface area contributed by atoms with Gasteiger partial charge in [0.25, 0.3) is 0 Å². The van der Waals surface area contributed by atoms with Crippen molar-refractivity contribution >= 4 is 12.2 Å². The van der Waals surface area contributed by atoms with Crippen LogP contribution in [0.2, 0.25) is 0 Å². The van der Waals surface area contributed by atoms with Crippen LogP contribution < -0.4 is 0 Å². The Labute approximate surface area is 74.7 Å². The Morgan fingerprint density at radius 1 is 1.54 bits per heavy atom. The van der Waals surface area contributed by atoms with E-state index in [4.69, 9.17) is 9.84 Å². The van der Waals surface area contributed by atoms with Crippen LogP contribution in [0.4, 0.5) is 9.59 Å². The van der Waals surface area contributed by atoms with Gasteiger partial charge in [0, 0.05) is 19.6 Å². The van der Waals surface area contributed by atoms with E-state index in [2.05, 4.69) is 0 Å². The molecule has 0 bridgehead atoms. The molecule has 0 aliphatic carbocycles. The van der Waals surface area contributed by atoms with E-state index in [1.165, 1.54) is 4.90 Å². The first kappa shape index (κ1) is 8.15. The zero-order chi connectivity index (χ0) is 9.42. The van der Waals surface area contributed by atoms with Crippen molar-refractivity contribution in [3.8, 4) is 0 Å². The van der Waals surface area contributed by atoms with Gasteiger partial charge in [-0.2, -0.15) is 0 Å². The van der Waals surface area contributed by atoms with Crippen molar-refractivity contribution in [3.63, 3.8) is 0 Å². The monoisotopic (exact) mass is 186 g/mol. The molecule has 13 heavy (non-hydrogen) atoms. The van der Waals surface area contributed by atoms with Crippen LogP contribution in [0.1, 0.15) is 0 Å². The molecule has 6 nitrogen and oxygen atoms in total. The molecular weight excluding hydrogens is 176 g/mol. The van der Waals surface area contributed by atoms with Crippen molar-refractivity contribution in [3.05, 3.63) is 0 Å². The van der Waals surface area contributed by atoms with Gasteiger partial charge in [-0.3, -0.25) is 4.90 Å². The van der Waals surface area contributed by atoms with Gasteiger partial charge in [0.15, 0.2) is 0 Å². The molecule has 0 aromatic carbocycles. The first-order valence-electron chi connectivity index (χ1n) is 4.10. The lowest BCUT2D eigenvalue weighted by Crippen LogP contribution is -2.53. The minimum absolute atomic E-state index is 0.0858. The minimum Gasteiger partial charge on any atom is -0.465 e. The first-order chi connectivity index (χ1) is 6.18. The number of ether oxygens (including phenoxy) is 1. The SMILES string of the molecule is O=C(O)N1CCN2C(=O)OCC2C1. The number of hydrogen-bond acceptors (Lipinski definition) is 3. The Kier molecular flexibility index (Phi) is 1.75. The number of nitrogens with zero attached hydrogens (tertiary/aromatic N) is 2. The summed E-state index contributed by atoms with van der Waals surface area (Å²) in [4.78, 5) is 24.5. The fourth-order valence-electron chi connectivity index (χ4n) is 1.66. The van der Waals surface area contributed by atoms with Gasteiger partial charge in [-0.25, -0.2) is 9.59 Å². The third-order valence-electron chi connectivity index (χ3n) is 2.39. The molecule has 1 N–H and O–H groups in total. The van der Waals surface area contributed by atoms with Crippen LogP contribution in [0, 0.1) is 0 Å². The van der Waals surface area contributed by atoms with Crippen molar-refractivity contribution in [2.24, 2.45) is 0 Å². The fourth-order valence-corrected chi connectivity index (χ4v) is 1.66. The Morgan fingerprint density at radius 3 is 3.00 bits per heavy atom. The van der Waals surface area contributed by atoms with E-state index in [9.17, 15) is 9.59 Å². The van der Waals surface area contributed by atoms with Gasteiger partial charge in [0.1, 0.15) is 6.61 Å². The zero-order valence-electron chi connectivity index (χ0n) is 6.97. The number of rotatable bonds is 0. The summed E-state index contributed by atoms with van der Waals surface area (Å²) in [6.45, 7) is 1.49. The van der Waals surface area contributed by atoms with E-state index in [0.717, 1.165) is 0 Å². The van der Waals surface area contributed by atoms with E-state index in [1.54, 1.807) is 4.90 Å². The number of carbonyl (C=O) groups excluding carboxylic acids is 1. The first-order valence-corrected chi connectivity index (χ1v) is 4.10. The van der Waals surface area contributed by atoms with Crippen LogP contribution in [0.3, 0.4) is 0 Å². The highest BCUT2D eigenvalue weighted by atomic mass is 16.6. The predicted octanol–water partition coefficient (Wildman–Crippen LogP) is -0.199. The van der Waals surface area contributed by atoms with Crippen molar-refractivity contribution < 1.29 is 19.4 Å². The standard InChI is InChI=1S/C7H10N2O4/c10-6(11)8-1-2-9-5(3-8)4-13-7(9)12/h5H,1-4H2,(H,10,11). The molecule has 2 aliphatic rings. The van der Waals surface area contributed by atoms with Gasteiger partial charge in [0.2, 0.25) is 0 Å². The molecule has 2 rings (SSSR count). The third-order valence-corrected chi connectivity index (χ3v) is 2.39. The Balaban J connectivity index is 2.03. The maximum Gasteiger partial charge on any atom is 0.410 e. The maximum absolute atomic E-state index is 11.0. The summed E-state index contributed by atoms with van der Waals surface area (Å²) >= 11 is 0. The molecule has 6 heteroatoms. The van der Waals surface area contributed by atoms with E-state index in [0.29, 0.717) is 26.2 Å². The highest BCUT2D eigenvalue weighted by Gasteiger charge is 2.38. The molecule has 0 spiro atoms. The molecule has 2 aliphatic heterocycles. The second-order valence-electron chi connectivity index (χ2n) is 3.15. The molecule has 0 saturated carbocycles. The van der Waals surface area contributed by atoms with Gasteiger partial charge >= 0.3 is 12.2 Å². The summed E-state index contributed by atoms with van der Waals surface area (Å²) in [5.74, 6) is 0. The van der Waals surface area contributed by atoms with Gasteiger partial charge < -0.3 is 14.7 Å². The lowest BCUT2D eigenvalue weighted by Gasteiger charge is -2.33. The van der Waals surface area contributed by atoms with Gasteiger partial charge in [-0.05, 0) is 0 Å². The fraction of sp³-hybridized carbons (Fsp3) is 0.714. The number of carbonyl (C=O) groups is 2. The van der Waals surface area contributed by atoms with Gasteiger partial charge in [0.05, 0.1) is 6.04 Å². The maximum atomic E-state index is 11.0. The molecule has 0 aromatic rings. The average Bonchev–Trinajstić information content (AvgIpc) is 2.47. The van der Waals surface area contributed by atoms with E-state index >= 15 is 0 Å². The molecular formula is C7H10N2O4. The molecule has 2 saturated heterocycles. The quantitative estimate of drug-likeness (QED) is 0.568. The molecule has 2 amide bonds. The average molecular weight is 186 g/mol. The molecule has 0 radical (unpaired) electrons. The smallest absolute Gasteiger partial charge is 0.410 e. The second kappa shape index (κ2) is 2.79. The Morgan fingerprint density at radius 2 is 2.31 bits per heavy atom. The number of hydrogen-bond donors (Lipinski definition) is 1. The lowest BCUT2D eigenvalue weighted by molar-refractivity contribution is 0.0995. The number of piperazine rings is 1. The van der Waals surface area contributed by atoms with Gasteiger partial charge in [-0.1, -0.05) is 0 Å². The third kappa shape index (κ3) is 1.28. The number of carboxylic acid groups (broad SMARTS) is 1. The number of amides is 2. The Bertz CT molecular complexity index is 255. The highest BCUT2D eigenvalue weighted by Crippen LogP contribution is 2.17. The normalized spacial score (nSPS) is 27.1. The summed E-state index contributed by atoms with van der Waals surface area (Å²) in [6, 6.07) is -0.0858. The van der Waals surface area contributed by atoms with Crippen molar-refractivity contribution in [2.45, 2.75) is 6.04 Å². The van der Waals surface area contributed by atoms with Crippen LogP contribution in [0.5, 0.6) is 0 Å². The Hall–Kier alpha value is -1.46. The molecule has 2 heterocycles. The number of cyclic esters (lactones) is 1. The summed E-state index contributed by atoms with van der Waals surface area (Å²) in [6.07, 6.45) is -1.26. The highest BCUT2D eigenvalue weighted by molar-refractivity contribution is 5.71.